The van der Waals surface area contributed by atoms with E-state index in [4.69, 9.17) is 5.11 Å². The van der Waals surface area contributed by atoms with Crippen LogP contribution in [0.15, 0.2) is 24.3 Å². The Morgan fingerprint density at radius 3 is 2.50 bits per heavy atom. The van der Waals surface area contributed by atoms with Gasteiger partial charge in [0, 0.05) is 6.54 Å². The van der Waals surface area contributed by atoms with Gasteiger partial charge in [-0.25, -0.2) is 4.39 Å². The molecule has 2 unspecified atom stereocenters. The minimum absolute atomic E-state index is 0.265. The van der Waals surface area contributed by atoms with Crippen LogP contribution in [-0.4, -0.2) is 23.5 Å². The second-order valence-electron chi connectivity index (χ2n) is 5.75. The maximum Gasteiger partial charge on any atom is 0.307 e. The Morgan fingerprint density at radius 1 is 1.30 bits per heavy atom. The molecule has 1 aromatic rings. The Morgan fingerprint density at radius 2 is 1.95 bits per heavy atom. The van der Waals surface area contributed by atoms with Crippen molar-refractivity contribution < 1.29 is 19.1 Å². The second kappa shape index (κ2) is 5.23. The normalized spacial score (nSPS) is 23.1. The van der Waals surface area contributed by atoms with E-state index in [1.807, 2.05) is 0 Å². The molecule has 1 saturated carbocycles. The van der Waals surface area contributed by atoms with Crippen molar-refractivity contribution in [1.29, 1.82) is 0 Å². The molecule has 0 aliphatic heterocycles. The minimum atomic E-state index is -0.941. The zero-order valence-electron chi connectivity index (χ0n) is 11.5. The van der Waals surface area contributed by atoms with Crippen molar-refractivity contribution in [2.24, 2.45) is 17.3 Å². The Balaban J connectivity index is 1.85. The van der Waals surface area contributed by atoms with E-state index < -0.39 is 23.2 Å². The molecule has 0 radical (unpaired) electrons. The van der Waals surface area contributed by atoms with Gasteiger partial charge in [0.2, 0.25) is 5.91 Å². The van der Waals surface area contributed by atoms with E-state index in [0.717, 1.165) is 0 Å². The van der Waals surface area contributed by atoms with Crippen LogP contribution < -0.4 is 5.32 Å². The van der Waals surface area contributed by atoms with Gasteiger partial charge in [0.05, 0.1) is 11.8 Å². The lowest BCUT2D eigenvalue weighted by Gasteiger charge is -2.06. The first-order valence-corrected chi connectivity index (χ1v) is 6.59. The van der Waals surface area contributed by atoms with Crippen LogP contribution in [0, 0.1) is 23.1 Å². The van der Waals surface area contributed by atoms with E-state index in [1.54, 1.807) is 32.0 Å². The fourth-order valence-corrected chi connectivity index (χ4v) is 2.72. The fourth-order valence-electron chi connectivity index (χ4n) is 2.72. The lowest BCUT2D eigenvalue weighted by atomic mass is 10.1. The van der Waals surface area contributed by atoms with Crippen LogP contribution in [0.2, 0.25) is 0 Å². The highest BCUT2D eigenvalue weighted by Crippen LogP contribution is 2.58. The summed E-state index contributed by atoms with van der Waals surface area (Å²) in [6.07, 6.45) is 0.392. The number of rotatable bonds is 5. The van der Waals surface area contributed by atoms with E-state index in [9.17, 15) is 14.0 Å². The molecule has 0 heterocycles. The largest absolute Gasteiger partial charge is 0.481 e. The van der Waals surface area contributed by atoms with Crippen LogP contribution in [0.1, 0.15) is 19.4 Å². The number of carboxylic acids is 1. The summed E-state index contributed by atoms with van der Waals surface area (Å²) >= 11 is 0. The van der Waals surface area contributed by atoms with Crippen molar-refractivity contribution in [3.8, 4) is 0 Å². The first kappa shape index (κ1) is 14.5. The van der Waals surface area contributed by atoms with Crippen LogP contribution in [0.25, 0.3) is 0 Å². The molecule has 1 aromatic carbocycles. The van der Waals surface area contributed by atoms with E-state index in [-0.39, 0.29) is 11.7 Å². The minimum Gasteiger partial charge on any atom is -0.481 e. The van der Waals surface area contributed by atoms with E-state index in [2.05, 4.69) is 5.32 Å². The van der Waals surface area contributed by atoms with Crippen LogP contribution >= 0.6 is 0 Å². The molecule has 108 valence electrons. The maximum atomic E-state index is 13.4. The van der Waals surface area contributed by atoms with Gasteiger partial charge in [0.25, 0.3) is 0 Å². The molecular formula is C15H18FNO3. The fraction of sp³-hybridized carbons (Fsp3) is 0.467. The summed E-state index contributed by atoms with van der Waals surface area (Å²) < 4.78 is 13.4. The summed E-state index contributed by atoms with van der Waals surface area (Å²) in [5.74, 6) is -2.63. The average Bonchev–Trinajstić information content (AvgIpc) is 2.95. The van der Waals surface area contributed by atoms with Gasteiger partial charge in [-0.2, -0.15) is 0 Å². The summed E-state index contributed by atoms with van der Waals surface area (Å²) in [7, 11) is 0. The molecule has 0 spiro atoms. The van der Waals surface area contributed by atoms with Crippen molar-refractivity contribution in [2.45, 2.75) is 20.3 Å². The van der Waals surface area contributed by atoms with Crippen LogP contribution in [0.5, 0.6) is 0 Å². The van der Waals surface area contributed by atoms with Gasteiger partial charge in [0.15, 0.2) is 0 Å². The summed E-state index contributed by atoms with van der Waals surface area (Å²) in [4.78, 5) is 22.9. The monoisotopic (exact) mass is 279 g/mol. The molecule has 0 saturated heterocycles. The Kier molecular flexibility index (Phi) is 3.79. The predicted octanol–water partition coefficient (Wildman–Crippen LogP) is 1.84. The maximum absolute atomic E-state index is 13.4. The molecule has 2 N–H and O–H groups in total. The van der Waals surface area contributed by atoms with Crippen LogP contribution in [-0.2, 0) is 16.0 Å². The molecule has 2 rings (SSSR count). The molecule has 4 nitrogen and oxygen atoms in total. The third-order valence-electron chi connectivity index (χ3n) is 4.03. The third-order valence-corrected chi connectivity index (χ3v) is 4.03. The standard InChI is InChI=1S/C15H18FNO3/c1-15(2)11(12(15)14(19)20)13(18)17-8-7-9-5-3-4-6-10(9)16/h3-6,11-12H,7-8H2,1-2H3,(H,17,18)(H,19,20). The van der Waals surface area contributed by atoms with Crippen molar-refractivity contribution in [3.63, 3.8) is 0 Å². The molecule has 1 aliphatic carbocycles. The number of carboxylic acid groups (broad SMARTS) is 1. The number of amides is 1. The average molecular weight is 279 g/mol. The zero-order chi connectivity index (χ0) is 14.9. The van der Waals surface area contributed by atoms with Gasteiger partial charge >= 0.3 is 5.97 Å². The van der Waals surface area contributed by atoms with Crippen molar-refractivity contribution in [3.05, 3.63) is 35.6 Å². The summed E-state index contributed by atoms with van der Waals surface area (Å²) in [5, 5.41) is 11.7. The Bertz CT molecular complexity index is 542. The SMILES string of the molecule is CC1(C)C(C(=O)O)C1C(=O)NCCc1ccccc1F. The smallest absolute Gasteiger partial charge is 0.307 e. The summed E-state index contributed by atoms with van der Waals surface area (Å²) in [5.41, 5.74) is 0.0334. The molecule has 0 aromatic heterocycles. The lowest BCUT2D eigenvalue weighted by Crippen LogP contribution is -2.29. The second-order valence-corrected chi connectivity index (χ2v) is 5.75. The highest BCUT2D eigenvalue weighted by Gasteiger charge is 2.65. The quantitative estimate of drug-likeness (QED) is 0.864. The molecule has 0 bridgehead atoms. The van der Waals surface area contributed by atoms with Gasteiger partial charge < -0.3 is 10.4 Å². The number of hydrogen-bond acceptors (Lipinski definition) is 2. The van der Waals surface area contributed by atoms with Crippen molar-refractivity contribution in [1.82, 2.24) is 5.32 Å². The molecule has 1 aliphatic rings. The molecule has 20 heavy (non-hydrogen) atoms. The number of halogens is 1. The molecular weight excluding hydrogens is 261 g/mol. The number of carbonyl (C=O) groups excluding carboxylic acids is 1. The first-order valence-electron chi connectivity index (χ1n) is 6.59. The van der Waals surface area contributed by atoms with Gasteiger partial charge in [-0.1, -0.05) is 32.0 Å². The zero-order valence-corrected chi connectivity index (χ0v) is 11.5. The van der Waals surface area contributed by atoms with Gasteiger partial charge in [0.1, 0.15) is 5.82 Å². The Hall–Kier alpha value is -1.91. The number of nitrogens with one attached hydrogen (secondary N) is 1. The number of aliphatic carboxylic acids is 1. The third kappa shape index (κ3) is 2.66. The van der Waals surface area contributed by atoms with Gasteiger partial charge in [-0.3, -0.25) is 9.59 Å². The number of benzene rings is 1. The topological polar surface area (TPSA) is 66.4 Å². The van der Waals surface area contributed by atoms with Gasteiger partial charge in [-0.15, -0.1) is 0 Å². The number of carbonyl (C=O) groups is 2. The summed E-state index contributed by atoms with van der Waals surface area (Å²) in [6.45, 7) is 3.85. The van der Waals surface area contributed by atoms with E-state index >= 15 is 0 Å². The van der Waals surface area contributed by atoms with Crippen molar-refractivity contribution >= 4 is 11.9 Å². The van der Waals surface area contributed by atoms with Crippen LogP contribution in [0.4, 0.5) is 4.39 Å². The molecule has 2 atom stereocenters. The lowest BCUT2D eigenvalue weighted by molar-refractivity contribution is -0.140. The number of hydrogen-bond donors (Lipinski definition) is 2. The molecule has 5 heteroatoms. The highest BCUT2D eigenvalue weighted by atomic mass is 19.1. The highest BCUT2D eigenvalue weighted by molar-refractivity contribution is 5.91. The predicted molar refractivity (Wildman–Crippen MR) is 71.5 cm³/mol. The molecule has 1 fully saturated rings. The van der Waals surface area contributed by atoms with Gasteiger partial charge in [-0.05, 0) is 23.5 Å². The van der Waals surface area contributed by atoms with E-state index in [0.29, 0.717) is 18.5 Å². The molecule has 1 amide bonds. The summed E-state index contributed by atoms with van der Waals surface area (Å²) in [6, 6.07) is 6.40. The van der Waals surface area contributed by atoms with Crippen LogP contribution in [0.3, 0.4) is 0 Å². The first-order chi connectivity index (χ1) is 9.35. The van der Waals surface area contributed by atoms with E-state index in [1.165, 1.54) is 6.07 Å². The van der Waals surface area contributed by atoms with Crippen molar-refractivity contribution in [2.75, 3.05) is 6.54 Å². The Labute approximate surface area is 117 Å².